The standard InChI is InChI=1S/C21H26F2N3O9P/c1-12(2)33-18(29)13(3)25-36(31,35-14-7-5-4-6-8-14)32-11-15-17(28)21(22,23)19(34-15)26-10-9-16(27)24-20(26)30/h4-10,12-13,15,17,19,28H,11H2,1-3H3,(H,25,31)(H,24,27,30)/t13-,15-,17-,19?,36?/m1/s1. The lowest BCUT2D eigenvalue weighted by molar-refractivity contribution is -0.149. The first-order chi connectivity index (χ1) is 16.8. The van der Waals surface area contributed by atoms with Gasteiger partial charge in [0.25, 0.3) is 5.56 Å². The van der Waals surface area contributed by atoms with Crippen LogP contribution in [0.1, 0.15) is 27.0 Å². The maximum absolute atomic E-state index is 14.8. The minimum absolute atomic E-state index is 0.0775. The van der Waals surface area contributed by atoms with Gasteiger partial charge in [-0.2, -0.15) is 13.9 Å². The normalized spacial score (nSPS) is 23.7. The molecule has 0 spiro atoms. The molecule has 1 saturated heterocycles. The SMILES string of the molecule is CC(C)OC(=O)[C@@H](C)NP(=O)(OC[C@H]1OC(n2ccc(=O)[nH]c2=O)C(F)(F)[C@@H]1O)Oc1ccccc1. The number of para-hydroxylation sites is 1. The van der Waals surface area contributed by atoms with Gasteiger partial charge >= 0.3 is 25.3 Å². The number of ether oxygens (including phenoxy) is 2. The fourth-order valence-electron chi connectivity index (χ4n) is 3.22. The first kappa shape index (κ1) is 27.7. The van der Waals surface area contributed by atoms with Crippen molar-refractivity contribution < 1.29 is 41.8 Å². The molecule has 1 aromatic heterocycles. The maximum Gasteiger partial charge on any atom is 0.459 e. The minimum atomic E-state index is -4.43. The van der Waals surface area contributed by atoms with Gasteiger partial charge in [-0.3, -0.25) is 23.7 Å². The van der Waals surface area contributed by atoms with E-state index in [0.29, 0.717) is 4.57 Å². The number of hydrogen-bond acceptors (Lipinski definition) is 9. The van der Waals surface area contributed by atoms with Crippen molar-refractivity contribution in [3.63, 3.8) is 0 Å². The number of alkyl halides is 2. The summed E-state index contributed by atoms with van der Waals surface area (Å²) >= 11 is 0. The molecule has 15 heteroatoms. The molecule has 1 aliphatic rings. The van der Waals surface area contributed by atoms with E-state index in [2.05, 4.69) is 5.09 Å². The van der Waals surface area contributed by atoms with Crippen LogP contribution in [0.25, 0.3) is 0 Å². The van der Waals surface area contributed by atoms with Crippen LogP contribution >= 0.6 is 7.75 Å². The fraction of sp³-hybridized carbons (Fsp3) is 0.476. The number of H-pyrrole nitrogens is 1. The van der Waals surface area contributed by atoms with Gasteiger partial charge in [-0.1, -0.05) is 18.2 Å². The summed E-state index contributed by atoms with van der Waals surface area (Å²) in [4.78, 5) is 37.2. The maximum atomic E-state index is 14.8. The molecule has 2 unspecified atom stereocenters. The number of aliphatic hydroxyl groups is 1. The molecular weight excluding hydrogens is 507 g/mol. The number of aromatic amines is 1. The third-order valence-corrected chi connectivity index (χ3v) is 6.56. The number of esters is 1. The third-order valence-electron chi connectivity index (χ3n) is 4.92. The molecule has 0 amide bonds. The number of benzene rings is 1. The van der Waals surface area contributed by atoms with Crippen molar-refractivity contribution >= 4 is 13.7 Å². The summed E-state index contributed by atoms with van der Waals surface area (Å²) < 4.78 is 64.3. The van der Waals surface area contributed by atoms with E-state index in [1.165, 1.54) is 19.1 Å². The van der Waals surface area contributed by atoms with Crippen LogP contribution in [0.15, 0.2) is 52.2 Å². The zero-order valence-electron chi connectivity index (χ0n) is 19.5. The smallest absolute Gasteiger partial charge is 0.459 e. The quantitative estimate of drug-likeness (QED) is 0.302. The van der Waals surface area contributed by atoms with Gasteiger partial charge in [0.15, 0.2) is 6.10 Å². The Hall–Kier alpha value is -2.90. The number of aliphatic hydroxyl groups excluding tert-OH is 1. The van der Waals surface area contributed by atoms with Crippen LogP contribution in [0, 0.1) is 0 Å². The first-order valence-corrected chi connectivity index (χ1v) is 12.4. The second-order valence-electron chi connectivity index (χ2n) is 8.20. The number of carbonyl (C=O) groups is 1. The molecule has 1 aliphatic heterocycles. The van der Waals surface area contributed by atoms with Crippen molar-refractivity contribution in [1.82, 2.24) is 14.6 Å². The Morgan fingerprint density at radius 1 is 1.25 bits per heavy atom. The summed E-state index contributed by atoms with van der Waals surface area (Å²) in [5, 5.41) is 12.6. The topological polar surface area (TPSA) is 158 Å². The largest absolute Gasteiger partial charge is 0.462 e. The molecule has 36 heavy (non-hydrogen) atoms. The van der Waals surface area contributed by atoms with Crippen LogP contribution in [-0.2, 0) is 23.4 Å². The van der Waals surface area contributed by atoms with E-state index in [0.717, 1.165) is 12.3 Å². The van der Waals surface area contributed by atoms with Gasteiger partial charge in [0.05, 0.1) is 12.7 Å². The van der Waals surface area contributed by atoms with E-state index < -0.39 is 68.1 Å². The summed E-state index contributed by atoms with van der Waals surface area (Å²) in [5.74, 6) is -4.68. The van der Waals surface area contributed by atoms with Crippen LogP contribution in [0.5, 0.6) is 5.75 Å². The average Bonchev–Trinajstić information content (AvgIpc) is 3.01. The number of nitrogens with one attached hydrogen (secondary N) is 2. The Balaban J connectivity index is 1.80. The van der Waals surface area contributed by atoms with Gasteiger partial charge < -0.3 is 19.1 Å². The highest BCUT2D eigenvalue weighted by Gasteiger charge is 2.60. The van der Waals surface area contributed by atoms with Gasteiger partial charge in [-0.15, -0.1) is 0 Å². The van der Waals surface area contributed by atoms with Crippen LogP contribution in [-0.4, -0.2) is 57.5 Å². The second kappa shape index (κ2) is 11.0. The molecule has 2 aromatic rings. The Morgan fingerprint density at radius 3 is 2.53 bits per heavy atom. The van der Waals surface area contributed by atoms with Crippen molar-refractivity contribution in [2.45, 2.75) is 57.3 Å². The Labute approximate surface area is 203 Å². The number of nitrogens with zero attached hydrogens (tertiary/aromatic N) is 1. The summed E-state index contributed by atoms with van der Waals surface area (Å²) in [6, 6.07) is 7.36. The Bertz CT molecular complexity index is 1220. The van der Waals surface area contributed by atoms with E-state index in [4.69, 9.17) is 18.5 Å². The molecule has 0 saturated carbocycles. The molecular formula is C21H26F2N3O9P. The number of halogens is 2. The first-order valence-electron chi connectivity index (χ1n) is 10.8. The highest BCUT2D eigenvalue weighted by atomic mass is 31.2. The van der Waals surface area contributed by atoms with E-state index in [9.17, 15) is 32.8 Å². The molecule has 0 aliphatic carbocycles. The van der Waals surface area contributed by atoms with Crippen molar-refractivity contribution in [1.29, 1.82) is 0 Å². The van der Waals surface area contributed by atoms with E-state index in [-0.39, 0.29) is 5.75 Å². The number of hydrogen-bond donors (Lipinski definition) is 3. The van der Waals surface area contributed by atoms with Crippen molar-refractivity contribution in [2.24, 2.45) is 0 Å². The minimum Gasteiger partial charge on any atom is -0.462 e. The van der Waals surface area contributed by atoms with Crippen molar-refractivity contribution in [2.75, 3.05) is 6.61 Å². The van der Waals surface area contributed by atoms with Crippen LogP contribution in [0.2, 0.25) is 0 Å². The molecule has 198 valence electrons. The van der Waals surface area contributed by atoms with Crippen LogP contribution < -0.4 is 20.9 Å². The summed E-state index contributed by atoms with van der Waals surface area (Å²) in [7, 11) is -4.43. The van der Waals surface area contributed by atoms with E-state index in [1.54, 1.807) is 32.0 Å². The van der Waals surface area contributed by atoms with Crippen LogP contribution in [0.3, 0.4) is 0 Å². The van der Waals surface area contributed by atoms with Gasteiger partial charge in [-0.05, 0) is 32.9 Å². The summed E-state index contributed by atoms with van der Waals surface area (Å²) in [5.41, 5.74) is -1.99. The Kier molecular flexibility index (Phi) is 8.47. The molecule has 1 fully saturated rings. The predicted molar refractivity (Wildman–Crippen MR) is 121 cm³/mol. The van der Waals surface area contributed by atoms with E-state index in [1.807, 2.05) is 4.98 Å². The van der Waals surface area contributed by atoms with Gasteiger partial charge in [-0.25, -0.2) is 9.36 Å². The highest BCUT2D eigenvalue weighted by Crippen LogP contribution is 2.47. The molecule has 2 heterocycles. The predicted octanol–water partition coefficient (Wildman–Crippen LogP) is 1.56. The second-order valence-corrected chi connectivity index (χ2v) is 9.89. The zero-order valence-corrected chi connectivity index (χ0v) is 20.4. The molecule has 5 atom stereocenters. The molecule has 0 bridgehead atoms. The molecule has 3 N–H and O–H groups in total. The van der Waals surface area contributed by atoms with Crippen molar-refractivity contribution in [3.8, 4) is 5.75 Å². The number of rotatable bonds is 10. The van der Waals surface area contributed by atoms with Gasteiger partial charge in [0.2, 0.25) is 6.23 Å². The van der Waals surface area contributed by atoms with Crippen LogP contribution in [0.4, 0.5) is 8.78 Å². The van der Waals surface area contributed by atoms with Gasteiger partial charge in [0, 0.05) is 12.3 Å². The summed E-state index contributed by atoms with van der Waals surface area (Å²) in [6.07, 6.45) is -6.20. The third kappa shape index (κ3) is 6.45. The fourth-order valence-corrected chi connectivity index (χ4v) is 4.73. The lowest BCUT2D eigenvalue weighted by Crippen LogP contribution is -2.43. The Morgan fingerprint density at radius 2 is 1.92 bits per heavy atom. The number of carbonyl (C=O) groups excluding carboxylic acids is 1. The van der Waals surface area contributed by atoms with Gasteiger partial charge in [0.1, 0.15) is 17.9 Å². The lowest BCUT2D eigenvalue weighted by atomic mass is 10.1. The zero-order chi connectivity index (χ0) is 26.7. The number of aromatic nitrogens is 2. The highest BCUT2D eigenvalue weighted by molar-refractivity contribution is 7.52. The summed E-state index contributed by atoms with van der Waals surface area (Å²) in [6.45, 7) is 3.69. The molecule has 0 radical (unpaired) electrons. The monoisotopic (exact) mass is 533 g/mol. The van der Waals surface area contributed by atoms with Crippen molar-refractivity contribution in [3.05, 3.63) is 63.4 Å². The molecule has 12 nitrogen and oxygen atoms in total. The van der Waals surface area contributed by atoms with E-state index >= 15 is 0 Å². The molecule has 3 rings (SSSR count). The lowest BCUT2D eigenvalue weighted by Gasteiger charge is -2.25. The molecule has 1 aromatic carbocycles. The average molecular weight is 533 g/mol.